The largest absolute Gasteiger partial charge is 0.356 e. The lowest BCUT2D eigenvalue weighted by atomic mass is 9.95. The van der Waals surface area contributed by atoms with Crippen LogP contribution in [-0.2, 0) is 5.41 Å². The van der Waals surface area contributed by atoms with Gasteiger partial charge >= 0.3 is 0 Å². The number of benzene rings is 1. The first-order valence-electron chi connectivity index (χ1n) is 8.40. The fourth-order valence-electron chi connectivity index (χ4n) is 3.30. The van der Waals surface area contributed by atoms with E-state index in [0.29, 0.717) is 4.75 Å². The summed E-state index contributed by atoms with van der Waals surface area (Å²) in [5.74, 6) is 1.98. The van der Waals surface area contributed by atoms with Crippen LogP contribution in [0.3, 0.4) is 0 Å². The van der Waals surface area contributed by atoms with Gasteiger partial charge in [-0.1, -0.05) is 18.2 Å². The summed E-state index contributed by atoms with van der Waals surface area (Å²) in [6.07, 6.45) is 4.61. The molecule has 0 radical (unpaired) electrons. The standard InChI is InChI=1S/C18H26FN3S/c1-17(8-5-11-23-17)12-21-16(20-2)22-13-18(9-10-18)14-6-3-4-7-15(14)19/h3-4,6-7H,5,8-13H2,1-2H3,(H2,20,21,22). The molecular weight excluding hydrogens is 309 g/mol. The van der Waals surface area contributed by atoms with Gasteiger partial charge in [0, 0.05) is 30.3 Å². The van der Waals surface area contributed by atoms with Crippen molar-refractivity contribution in [3.63, 3.8) is 0 Å². The zero-order chi connectivity index (χ0) is 16.3. The van der Waals surface area contributed by atoms with Crippen LogP contribution in [0.4, 0.5) is 4.39 Å². The van der Waals surface area contributed by atoms with Crippen molar-refractivity contribution in [2.45, 2.75) is 42.8 Å². The Kier molecular flexibility index (Phi) is 4.85. The summed E-state index contributed by atoms with van der Waals surface area (Å²) < 4.78 is 14.4. The fraction of sp³-hybridized carbons (Fsp3) is 0.611. The number of nitrogens with one attached hydrogen (secondary N) is 2. The molecule has 5 heteroatoms. The van der Waals surface area contributed by atoms with Gasteiger partial charge in [-0.15, -0.1) is 0 Å². The second-order valence-electron chi connectivity index (χ2n) is 6.94. The SMILES string of the molecule is CN=C(NCC1(C)CCCS1)NCC1(c2ccccc2F)CC1. The smallest absolute Gasteiger partial charge is 0.191 e. The molecule has 1 unspecified atom stereocenters. The van der Waals surface area contributed by atoms with Gasteiger partial charge in [0.15, 0.2) is 5.96 Å². The lowest BCUT2D eigenvalue weighted by Crippen LogP contribution is -2.45. The van der Waals surface area contributed by atoms with Crippen molar-refractivity contribution in [2.24, 2.45) is 4.99 Å². The zero-order valence-electron chi connectivity index (χ0n) is 14.0. The van der Waals surface area contributed by atoms with Crippen molar-refractivity contribution < 1.29 is 4.39 Å². The van der Waals surface area contributed by atoms with Crippen LogP contribution in [0.1, 0.15) is 38.2 Å². The second-order valence-corrected chi connectivity index (χ2v) is 8.62. The van der Waals surface area contributed by atoms with Crippen LogP contribution >= 0.6 is 11.8 Å². The molecule has 0 amide bonds. The summed E-state index contributed by atoms with van der Waals surface area (Å²) in [5.41, 5.74) is 0.774. The van der Waals surface area contributed by atoms with Crippen LogP contribution in [0.15, 0.2) is 29.3 Å². The van der Waals surface area contributed by atoms with E-state index in [1.165, 1.54) is 18.6 Å². The predicted molar refractivity (Wildman–Crippen MR) is 96.8 cm³/mol. The second kappa shape index (κ2) is 6.71. The first-order chi connectivity index (χ1) is 11.1. The normalized spacial score (nSPS) is 26.1. The third-order valence-electron chi connectivity index (χ3n) is 5.05. The summed E-state index contributed by atoms with van der Waals surface area (Å²) in [6, 6.07) is 7.14. The van der Waals surface area contributed by atoms with E-state index in [2.05, 4.69) is 22.5 Å². The highest BCUT2D eigenvalue weighted by Gasteiger charge is 2.45. The summed E-state index contributed by atoms with van der Waals surface area (Å²) >= 11 is 2.04. The number of hydrogen-bond acceptors (Lipinski definition) is 2. The molecular formula is C18H26FN3S. The highest BCUT2D eigenvalue weighted by atomic mass is 32.2. The molecule has 1 aromatic rings. The maximum atomic E-state index is 14.1. The Morgan fingerprint density at radius 3 is 2.57 bits per heavy atom. The topological polar surface area (TPSA) is 36.4 Å². The quantitative estimate of drug-likeness (QED) is 0.640. The molecule has 3 rings (SSSR count). The lowest BCUT2D eigenvalue weighted by Gasteiger charge is -2.25. The molecule has 0 bridgehead atoms. The van der Waals surface area contributed by atoms with Gasteiger partial charge in [-0.05, 0) is 50.0 Å². The monoisotopic (exact) mass is 335 g/mol. The first-order valence-corrected chi connectivity index (χ1v) is 9.39. The van der Waals surface area contributed by atoms with E-state index in [1.54, 1.807) is 19.2 Å². The average Bonchev–Trinajstić information content (AvgIpc) is 3.22. The van der Waals surface area contributed by atoms with E-state index in [0.717, 1.165) is 37.5 Å². The van der Waals surface area contributed by atoms with E-state index >= 15 is 0 Å². The average molecular weight is 335 g/mol. The Labute approximate surface area is 142 Å². The molecule has 2 fully saturated rings. The van der Waals surface area contributed by atoms with Gasteiger partial charge in [0.05, 0.1) is 0 Å². The van der Waals surface area contributed by atoms with Crippen LogP contribution in [0.25, 0.3) is 0 Å². The predicted octanol–water partition coefficient (Wildman–Crippen LogP) is 3.31. The lowest BCUT2D eigenvalue weighted by molar-refractivity contribution is 0.553. The number of nitrogens with zero attached hydrogens (tertiary/aromatic N) is 1. The molecule has 0 aromatic heterocycles. The Hall–Kier alpha value is -1.23. The van der Waals surface area contributed by atoms with Crippen molar-refractivity contribution in [3.8, 4) is 0 Å². The van der Waals surface area contributed by atoms with Crippen molar-refractivity contribution >= 4 is 17.7 Å². The Bertz CT molecular complexity index is 577. The number of hydrogen-bond donors (Lipinski definition) is 2. The van der Waals surface area contributed by atoms with E-state index in [-0.39, 0.29) is 11.2 Å². The highest BCUT2D eigenvalue weighted by Crippen LogP contribution is 2.48. The molecule has 1 saturated heterocycles. The molecule has 1 aromatic carbocycles. The minimum Gasteiger partial charge on any atom is -0.356 e. The van der Waals surface area contributed by atoms with Crippen molar-refractivity contribution in [3.05, 3.63) is 35.6 Å². The first kappa shape index (κ1) is 16.6. The molecule has 2 aliphatic rings. The summed E-state index contributed by atoms with van der Waals surface area (Å²) in [5, 5.41) is 6.84. The number of halogens is 1. The van der Waals surface area contributed by atoms with Gasteiger partial charge in [-0.3, -0.25) is 4.99 Å². The molecule has 3 nitrogen and oxygen atoms in total. The third kappa shape index (κ3) is 3.82. The molecule has 1 saturated carbocycles. The number of rotatable bonds is 5. The van der Waals surface area contributed by atoms with Gasteiger partial charge < -0.3 is 10.6 Å². The Morgan fingerprint density at radius 1 is 1.22 bits per heavy atom. The Morgan fingerprint density at radius 2 is 1.96 bits per heavy atom. The molecule has 126 valence electrons. The fourth-order valence-corrected chi connectivity index (χ4v) is 4.55. The van der Waals surface area contributed by atoms with Crippen molar-refractivity contribution in [1.29, 1.82) is 0 Å². The molecule has 1 aliphatic heterocycles. The maximum Gasteiger partial charge on any atom is 0.191 e. The van der Waals surface area contributed by atoms with Crippen molar-refractivity contribution in [2.75, 3.05) is 25.9 Å². The van der Waals surface area contributed by atoms with Crippen LogP contribution in [0.2, 0.25) is 0 Å². The van der Waals surface area contributed by atoms with Gasteiger partial charge in [0.25, 0.3) is 0 Å². The van der Waals surface area contributed by atoms with Crippen LogP contribution in [-0.4, -0.2) is 36.6 Å². The Balaban J connectivity index is 1.55. The molecule has 2 N–H and O–H groups in total. The summed E-state index contributed by atoms with van der Waals surface area (Å²) in [6.45, 7) is 3.97. The zero-order valence-corrected chi connectivity index (χ0v) is 14.8. The van der Waals surface area contributed by atoms with E-state index in [1.807, 2.05) is 23.9 Å². The maximum absolute atomic E-state index is 14.1. The molecule has 23 heavy (non-hydrogen) atoms. The van der Waals surface area contributed by atoms with E-state index in [9.17, 15) is 4.39 Å². The van der Waals surface area contributed by atoms with Gasteiger partial charge in [0.1, 0.15) is 5.82 Å². The van der Waals surface area contributed by atoms with Crippen LogP contribution in [0.5, 0.6) is 0 Å². The van der Waals surface area contributed by atoms with Gasteiger partial charge in [0.2, 0.25) is 0 Å². The minimum absolute atomic E-state index is 0.0605. The van der Waals surface area contributed by atoms with E-state index < -0.39 is 0 Å². The summed E-state index contributed by atoms with van der Waals surface area (Å²) in [4.78, 5) is 4.32. The van der Waals surface area contributed by atoms with Gasteiger partial charge in [-0.2, -0.15) is 11.8 Å². The number of aliphatic imine (C=N–C) groups is 1. The highest BCUT2D eigenvalue weighted by molar-refractivity contribution is 8.00. The molecule has 1 atom stereocenters. The summed E-state index contributed by atoms with van der Waals surface area (Å²) in [7, 11) is 1.79. The third-order valence-corrected chi connectivity index (χ3v) is 6.59. The molecule has 1 aliphatic carbocycles. The van der Waals surface area contributed by atoms with Gasteiger partial charge in [-0.25, -0.2) is 4.39 Å². The number of guanidine groups is 1. The molecule has 0 spiro atoms. The van der Waals surface area contributed by atoms with E-state index in [4.69, 9.17) is 0 Å². The number of thioether (sulfide) groups is 1. The minimum atomic E-state index is -0.0930. The van der Waals surface area contributed by atoms with Crippen LogP contribution < -0.4 is 10.6 Å². The van der Waals surface area contributed by atoms with Crippen molar-refractivity contribution in [1.82, 2.24) is 10.6 Å². The van der Waals surface area contributed by atoms with Crippen LogP contribution in [0, 0.1) is 5.82 Å². The molecule has 1 heterocycles.